The molecule has 1 aliphatic carbocycles. The predicted octanol–water partition coefficient (Wildman–Crippen LogP) is 2.88. The maximum absolute atomic E-state index is 11.7. The molecule has 1 unspecified atom stereocenters. The minimum Gasteiger partial charge on any atom is -0.460 e. The lowest BCUT2D eigenvalue weighted by Gasteiger charge is -2.43. The van der Waals surface area contributed by atoms with E-state index in [1.807, 2.05) is 0 Å². The fourth-order valence-corrected chi connectivity index (χ4v) is 3.37. The molecule has 0 aromatic rings. The Morgan fingerprint density at radius 2 is 1.90 bits per heavy atom. The Labute approximate surface area is 130 Å². The third-order valence-corrected chi connectivity index (χ3v) is 4.92. The van der Waals surface area contributed by atoms with E-state index >= 15 is 0 Å². The van der Waals surface area contributed by atoms with Crippen molar-refractivity contribution in [2.75, 3.05) is 33.4 Å². The van der Waals surface area contributed by atoms with Gasteiger partial charge < -0.3 is 14.3 Å². The number of hydrogen-bond acceptors (Lipinski definition) is 3. The average Bonchev–Trinajstić information content (AvgIpc) is 2.49. The van der Waals surface area contributed by atoms with Crippen molar-refractivity contribution in [3.05, 3.63) is 0 Å². The molecule has 1 atom stereocenters. The summed E-state index contributed by atoms with van der Waals surface area (Å²) in [4.78, 5) is 11.7. The van der Waals surface area contributed by atoms with Crippen LogP contribution < -0.4 is 0 Å². The smallest absolute Gasteiger partial charge is 0.305 e. The molecule has 0 amide bonds. The molecule has 1 fully saturated rings. The van der Waals surface area contributed by atoms with Crippen LogP contribution in [0.25, 0.3) is 0 Å². The molecule has 0 spiro atoms. The minimum atomic E-state index is -0.0670. The Morgan fingerprint density at radius 1 is 1.19 bits per heavy atom. The Hall–Kier alpha value is -0.610. The first kappa shape index (κ1) is 18.4. The molecule has 124 valence electrons. The van der Waals surface area contributed by atoms with Crippen LogP contribution in [0.4, 0.5) is 0 Å². The molecule has 0 heterocycles. The molecule has 4 nitrogen and oxygen atoms in total. The van der Waals surface area contributed by atoms with Crippen molar-refractivity contribution in [2.45, 2.75) is 70.8 Å². The molecule has 0 aromatic carbocycles. The van der Waals surface area contributed by atoms with E-state index in [-0.39, 0.29) is 12.6 Å². The number of aliphatic hydroxyl groups excluding tert-OH is 1. The molecule has 1 saturated carbocycles. The largest absolute Gasteiger partial charge is 0.460 e. The highest BCUT2D eigenvalue weighted by molar-refractivity contribution is 5.69. The topological polar surface area (TPSA) is 46.5 Å². The summed E-state index contributed by atoms with van der Waals surface area (Å²) in [7, 11) is 2.21. The van der Waals surface area contributed by atoms with E-state index in [2.05, 4.69) is 14.0 Å². The minimum absolute atomic E-state index is 0.0670. The monoisotopic (exact) mass is 300 g/mol. The zero-order chi connectivity index (χ0) is 15.6. The van der Waals surface area contributed by atoms with Crippen LogP contribution >= 0.6 is 0 Å². The average molecular weight is 300 g/mol. The van der Waals surface area contributed by atoms with E-state index in [1.54, 1.807) is 0 Å². The zero-order valence-electron chi connectivity index (χ0n) is 14.0. The van der Waals surface area contributed by atoms with Gasteiger partial charge in [0.2, 0.25) is 0 Å². The Kier molecular flexibility index (Phi) is 8.93. The number of unbranched alkanes of at least 4 members (excludes halogenated alkanes) is 2. The highest BCUT2D eigenvalue weighted by atomic mass is 16.5. The van der Waals surface area contributed by atoms with Crippen LogP contribution in [0.2, 0.25) is 0 Å². The molecular weight excluding hydrogens is 266 g/mol. The van der Waals surface area contributed by atoms with Crippen molar-refractivity contribution in [2.24, 2.45) is 0 Å². The lowest BCUT2D eigenvalue weighted by molar-refractivity contribution is -0.935. The molecule has 0 aromatic heterocycles. The summed E-state index contributed by atoms with van der Waals surface area (Å²) in [6.45, 7) is 4.41. The van der Waals surface area contributed by atoms with Crippen LogP contribution in [-0.2, 0) is 9.53 Å². The summed E-state index contributed by atoms with van der Waals surface area (Å²) in [5.74, 6) is -0.0670. The lowest BCUT2D eigenvalue weighted by atomic mass is 9.92. The van der Waals surface area contributed by atoms with Crippen molar-refractivity contribution in [1.82, 2.24) is 0 Å². The van der Waals surface area contributed by atoms with Gasteiger partial charge in [0.1, 0.15) is 19.7 Å². The normalized spacial score (nSPS) is 19.2. The fraction of sp³-hybridized carbons (Fsp3) is 0.941. The second-order valence-corrected chi connectivity index (χ2v) is 6.62. The van der Waals surface area contributed by atoms with E-state index in [0.29, 0.717) is 19.1 Å². The molecule has 0 saturated heterocycles. The molecule has 21 heavy (non-hydrogen) atoms. The van der Waals surface area contributed by atoms with Gasteiger partial charge in [0.15, 0.2) is 0 Å². The molecule has 0 radical (unpaired) electrons. The number of hydrogen-bond donors (Lipinski definition) is 1. The SMILES string of the molecule is CCCCCC(=O)OCC[N+](C)(CCO)C1CCCCC1. The van der Waals surface area contributed by atoms with Crippen LogP contribution in [0.5, 0.6) is 0 Å². The zero-order valence-corrected chi connectivity index (χ0v) is 14.0. The van der Waals surface area contributed by atoms with E-state index in [9.17, 15) is 9.90 Å². The summed E-state index contributed by atoms with van der Waals surface area (Å²) in [5, 5.41) is 9.36. The quantitative estimate of drug-likeness (QED) is 0.383. The van der Waals surface area contributed by atoms with Crippen molar-refractivity contribution >= 4 is 5.97 Å². The Balaban J connectivity index is 2.34. The number of carbonyl (C=O) groups is 1. The van der Waals surface area contributed by atoms with E-state index in [4.69, 9.17) is 4.74 Å². The third kappa shape index (κ3) is 6.79. The Bertz CT molecular complexity index is 290. The molecule has 1 rings (SSSR count). The third-order valence-electron chi connectivity index (χ3n) is 4.92. The number of nitrogens with zero attached hydrogens (tertiary/aromatic N) is 1. The first-order valence-electron chi connectivity index (χ1n) is 8.73. The Morgan fingerprint density at radius 3 is 2.52 bits per heavy atom. The molecule has 1 aliphatic rings. The van der Waals surface area contributed by atoms with Crippen LogP contribution in [0.1, 0.15) is 64.7 Å². The van der Waals surface area contributed by atoms with Gasteiger partial charge >= 0.3 is 5.97 Å². The number of esters is 1. The van der Waals surface area contributed by atoms with E-state index in [1.165, 1.54) is 32.1 Å². The van der Waals surface area contributed by atoms with Crippen molar-refractivity contribution in [3.8, 4) is 0 Å². The molecule has 0 bridgehead atoms. The standard InChI is InChI=1S/C17H34NO3/c1-3-4-6-11-17(20)21-15-13-18(2,12-14-19)16-9-7-5-8-10-16/h16,19H,3-15H2,1-2H3/q+1. The van der Waals surface area contributed by atoms with Crippen molar-refractivity contribution in [1.29, 1.82) is 0 Å². The van der Waals surface area contributed by atoms with Crippen LogP contribution in [0, 0.1) is 0 Å². The number of quaternary nitrogens is 1. The van der Waals surface area contributed by atoms with Crippen LogP contribution in [-0.4, -0.2) is 55.0 Å². The van der Waals surface area contributed by atoms with Gasteiger partial charge in [0, 0.05) is 6.42 Å². The summed E-state index contributed by atoms with van der Waals surface area (Å²) >= 11 is 0. The summed E-state index contributed by atoms with van der Waals surface area (Å²) < 4.78 is 6.23. The molecule has 0 aliphatic heterocycles. The number of aliphatic hydroxyl groups is 1. The fourth-order valence-electron chi connectivity index (χ4n) is 3.37. The number of carbonyl (C=O) groups excluding carboxylic acids is 1. The second kappa shape index (κ2) is 10.2. The van der Waals surface area contributed by atoms with Gasteiger partial charge in [-0.25, -0.2) is 0 Å². The van der Waals surface area contributed by atoms with Gasteiger partial charge in [-0.3, -0.25) is 4.79 Å². The van der Waals surface area contributed by atoms with E-state index < -0.39 is 0 Å². The molecular formula is C17H34NO3+. The number of ether oxygens (including phenoxy) is 1. The van der Waals surface area contributed by atoms with Gasteiger partial charge in [-0.2, -0.15) is 0 Å². The van der Waals surface area contributed by atoms with Crippen molar-refractivity contribution < 1.29 is 19.1 Å². The number of likely N-dealkylation sites (N-methyl/N-ethyl adjacent to an activating group) is 1. The predicted molar refractivity (Wildman–Crippen MR) is 85.0 cm³/mol. The molecule has 1 N–H and O–H groups in total. The highest BCUT2D eigenvalue weighted by Crippen LogP contribution is 2.26. The van der Waals surface area contributed by atoms with Gasteiger partial charge in [-0.15, -0.1) is 0 Å². The van der Waals surface area contributed by atoms with Gasteiger partial charge in [-0.1, -0.05) is 26.2 Å². The second-order valence-electron chi connectivity index (χ2n) is 6.62. The van der Waals surface area contributed by atoms with Crippen LogP contribution in [0.15, 0.2) is 0 Å². The van der Waals surface area contributed by atoms with Gasteiger partial charge in [0.05, 0.1) is 19.7 Å². The van der Waals surface area contributed by atoms with Crippen molar-refractivity contribution in [3.63, 3.8) is 0 Å². The lowest BCUT2D eigenvalue weighted by Crippen LogP contribution is -2.56. The summed E-state index contributed by atoms with van der Waals surface area (Å²) in [6, 6.07) is 0.615. The maximum Gasteiger partial charge on any atom is 0.305 e. The van der Waals surface area contributed by atoms with Gasteiger partial charge in [0.25, 0.3) is 0 Å². The van der Waals surface area contributed by atoms with Crippen LogP contribution in [0.3, 0.4) is 0 Å². The summed E-state index contributed by atoms with van der Waals surface area (Å²) in [5.41, 5.74) is 0. The molecule has 4 heteroatoms. The highest BCUT2D eigenvalue weighted by Gasteiger charge is 2.33. The first-order valence-corrected chi connectivity index (χ1v) is 8.73. The first-order chi connectivity index (χ1) is 10.1. The van der Waals surface area contributed by atoms with Gasteiger partial charge in [-0.05, 0) is 32.1 Å². The summed E-state index contributed by atoms with van der Waals surface area (Å²) in [6.07, 6.45) is 10.1. The number of rotatable bonds is 10. The van der Waals surface area contributed by atoms with E-state index in [0.717, 1.165) is 36.8 Å². The maximum atomic E-state index is 11.7.